The summed E-state index contributed by atoms with van der Waals surface area (Å²) in [6.07, 6.45) is 1.81. The SMILES string of the molecule is CCCc1cc[c]cc1F. The van der Waals surface area contributed by atoms with Gasteiger partial charge in [-0.15, -0.1) is 0 Å². The van der Waals surface area contributed by atoms with E-state index in [1.54, 1.807) is 12.1 Å². The van der Waals surface area contributed by atoms with Gasteiger partial charge in [0.05, 0.1) is 0 Å². The summed E-state index contributed by atoms with van der Waals surface area (Å²) >= 11 is 0. The van der Waals surface area contributed by atoms with E-state index >= 15 is 0 Å². The van der Waals surface area contributed by atoms with Gasteiger partial charge >= 0.3 is 0 Å². The predicted molar refractivity (Wildman–Crippen MR) is 39.2 cm³/mol. The van der Waals surface area contributed by atoms with Crippen molar-refractivity contribution in [1.29, 1.82) is 0 Å². The van der Waals surface area contributed by atoms with E-state index in [4.69, 9.17) is 0 Å². The molecule has 1 heteroatoms. The molecule has 0 aliphatic rings. The van der Waals surface area contributed by atoms with Crippen LogP contribution in [0, 0.1) is 11.9 Å². The largest absolute Gasteiger partial charge is 0.207 e. The summed E-state index contributed by atoms with van der Waals surface area (Å²) in [4.78, 5) is 0. The molecule has 0 nitrogen and oxygen atoms in total. The summed E-state index contributed by atoms with van der Waals surface area (Å²) in [7, 11) is 0. The molecule has 1 aromatic carbocycles. The van der Waals surface area contributed by atoms with Gasteiger partial charge in [0, 0.05) is 0 Å². The lowest BCUT2D eigenvalue weighted by atomic mass is 10.1. The zero-order chi connectivity index (χ0) is 7.40. The van der Waals surface area contributed by atoms with Crippen LogP contribution in [0.4, 0.5) is 4.39 Å². The van der Waals surface area contributed by atoms with Gasteiger partial charge < -0.3 is 0 Å². The minimum atomic E-state index is -0.135. The van der Waals surface area contributed by atoms with Crippen LogP contribution in [0.3, 0.4) is 0 Å². The highest BCUT2D eigenvalue weighted by atomic mass is 19.1. The van der Waals surface area contributed by atoms with Crippen molar-refractivity contribution in [1.82, 2.24) is 0 Å². The minimum Gasteiger partial charge on any atom is -0.207 e. The van der Waals surface area contributed by atoms with Crippen molar-refractivity contribution in [3.63, 3.8) is 0 Å². The Bertz CT molecular complexity index is 206. The molecule has 1 rings (SSSR count). The average molecular weight is 137 g/mol. The van der Waals surface area contributed by atoms with Crippen LogP contribution in [-0.4, -0.2) is 0 Å². The normalized spacial score (nSPS) is 9.80. The molecule has 1 radical (unpaired) electrons. The van der Waals surface area contributed by atoms with Gasteiger partial charge in [0.15, 0.2) is 0 Å². The fourth-order valence-electron chi connectivity index (χ4n) is 0.914. The van der Waals surface area contributed by atoms with Gasteiger partial charge in [-0.1, -0.05) is 25.5 Å². The Kier molecular flexibility index (Phi) is 2.43. The fraction of sp³-hybridized carbons (Fsp3) is 0.333. The van der Waals surface area contributed by atoms with E-state index in [9.17, 15) is 4.39 Å². The molecule has 0 aliphatic heterocycles. The molecule has 0 saturated heterocycles. The highest BCUT2D eigenvalue weighted by Gasteiger charge is 1.96. The monoisotopic (exact) mass is 137 g/mol. The topological polar surface area (TPSA) is 0 Å². The summed E-state index contributed by atoms with van der Waals surface area (Å²) in [5, 5.41) is 0. The average Bonchev–Trinajstić information content (AvgIpc) is 1.94. The van der Waals surface area contributed by atoms with Crippen molar-refractivity contribution in [2.45, 2.75) is 19.8 Å². The second-order valence-electron chi connectivity index (χ2n) is 2.27. The van der Waals surface area contributed by atoms with Crippen LogP contribution in [0.5, 0.6) is 0 Å². The maximum Gasteiger partial charge on any atom is 0.127 e. The Labute approximate surface area is 60.7 Å². The zero-order valence-corrected chi connectivity index (χ0v) is 6.02. The maximum atomic E-state index is 12.7. The first-order valence-corrected chi connectivity index (χ1v) is 3.49. The molecule has 0 saturated carbocycles. The molecule has 0 N–H and O–H groups in total. The second-order valence-corrected chi connectivity index (χ2v) is 2.27. The summed E-state index contributed by atoms with van der Waals surface area (Å²) in [6.45, 7) is 2.04. The zero-order valence-electron chi connectivity index (χ0n) is 6.02. The van der Waals surface area contributed by atoms with Gasteiger partial charge in [-0.3, -0.25) is 0 Å². The molecular weight excluding hydrogens is 127 g/mol. The highest BCUT2D eigenvalue weighted by molar-refractivity contribution is 5.16. The molecule has 0 spiro atoms. The number of aryl methyl sites for hydroxylation is 1. The summed E-state index contributed by atoms with van der Waals surface area (Å²) in [6, 6.07) is 7.59. The van der Waals surface area contributed by atoms with Gasteiger partial charge in [0.1, 0.15) is 5.82 Å². The summed E-state index contributed by atoms with van der Waals surface area (Å²) < 4.78 is 12.7. The molecule has 10 heavy (non-hydrogen) atoms. The van der Waals surface area contributed by atoms with E-state index in [-0.39, 0.29) is 5.82 Å². The molecule has 1 aromatic rings. The van der Waals surface area contributed by atoms with E-state index in [1.807, 2.05) is 6.92 Å². The molecule has 0 atom stereocenters. The fourth-order valence-corrected chi connectivity index (χ4v) is 0.914. The molecule has 0 unspecified atom stereocenters. The molecule has 0 bridgehead atoms. The Morgan fingerprint density at radius 2 is 2.40 bits per heavy atom. The molecule has 0 fully saturated rings. The molecule has 0 amide bonds. The first-order valence-electron chi connectivity index (χ1n) is 3.49. The Hall–Kier alpha value is -0.850. The summed E-state index contributed by atoms with van der Waals surface area (Å²) in [5.74, 6) is -0.135. The lowest BCUT2D eigenvalue weighted by Gasteiger charge is -1.97. The third kappa shape index (κ3) is 1.56. The predicted octanol–water partition coefficient (Wildman–Crippen LogP) is 2.58. The number of benzene rings is 1. The Balaban J connectivity index is 2.81. The number of hydrogen-bond donors (Lipinski definition) is 0. The molecule has 0 aliphatic carbocycles. The van der Waals surface area contributed by atoms with Crippen molar-refractivity contribution in [3.05, 3.63) is 35.6 Å². The van der Waals surface area contributed by atoms with Gasteiger partial charge in [0.2, 0.25) is 0 Å². The van der Waals surface area contributed by atoms with Crippen molar-refractivity contribution in [2.75, 3.05) is 0 Å². The van der Waals surface area contributed by atoms with Gasteiger partial charge in [-0.25, -0.2) is 4.39 Å². The van der Waals surface area contributed by atoms with Crippen molar-refractivity contribution in [2.24, 2.45) is 0 Å². The molecule has 0 heterocycles. The van der Waals surface area contributed by atoms with E-state index in [2.05, 4.69) is 6.07 Å². The van der Waals surface area contributed by atoms with E-state index in [0.29, 0.717) is 0 Å². The standard InChI is InChI=1S/C9H10F/c1-2-5-8-6-3-4-7-9(8)10/h3,6-7H,2,5H2,1H3. The summed E-state index contributed by atoms with van der Waals surface area (Å²) in [5.41, 5.74) is 0.793. The minimum absolute atomic E-state index is 0.135. The van der Waals surface area contributed by atoms with Crippen LogP contribution in [0.15, 0.2) is 18.2 Å². The third-order valence-corrected chi connectivity index (χ3v) is 1.42. The van der Waals surface area contributed by atoms with E-state index in [0.717, 1.165) is 18.4 Å². The van der Waals surface area contributed by atoms with Gasteiger partial charge in [0.25, 0.3) is 0 Å². The Morgan fingerprint density at radius 1 is 1.60 bits per heavy atom. The molecular formula is C9H10F. The van der Waals surface area contributed by atoms with E-state index in [1.165, 1.54) is 6.07 Å². The van der Waals surface area contributed by atoms with Crippen LogP contribution in [-0.2, 0) is 6.42 Å². The first kappa shape index (κ1) is 7.26. The van der Waals surface area contributed by atoms with E-state index < -0.39 is 0 Å². The third-order valence-electron chi connectivity index (χ3n) is 1.42. The first-order chi connectivity index (χ1) is 4.84. The molecule has 53 valence electrons. The van der Waals surface area contributed by atoms with Crippen molar-refractivity contribution < 1.29 is 4.39 Å². The maximum absolute atomic E-state index is 12.7. The van der Waals surface area contributed by atoms with Crippen LogP contribution in [0.1, 0.15) is 18.9 Å². The second kappa shape index (κ2) is 3.35. The smallest absolute Gasteiger partial charge is 0.127 e. The number of halogens is 1. The van der Waals surface area contributed by atoms with Crippen LogP contribution < -0.4 is 0 Å². The molecule has 0 aromatic heterocycles. The lowest BCUT2D eigenvalue weighted by Crippen LogP contribution is -1.87. The number of rotatable bonds is 2. The van der Waals surface area contributed by atoms with Crippen molar-refractivity contribution in [3.8, 4) is 0 Å². The lowest BCUT2D eigenvalue weighted by molar-refractivity contribution is 0.607. The van der Waals surface area contributed by atoms with Crippen LogP contribution >= 0.6 is 0 Å². The van der Waals surface area contributed by atoms with Crippen LogP contribution in [0.2, 0.25) is 0 Å². The quantitative estimate of drug-likeness (QED) is 0.587. The van der Waals surface area contributed by atoms with Crippen molar-refractivity contribution >= 4 is 0 Å². The van der Waals surface area contributed by atoms with Gasteiger partial charge in [-0.05, 0) is 24.1 Å². The van der Waals surface area contributed by atoms with Gasteiger partial charge in [-0.2, -0.15) is 0 Å². The highest BCUT2D eigenvalue weighted by Crippen LogP contribution is 2.07. The number of hydrogen-bond acceptors (Lipinski definition) is 0. The van der Waals surface area contributed by atoms with Crippen LogP contribution in [0.25, 0.3) is 0 Å². The Morgan fingerprint density at radius 3 is 3.00 bits per heavy atom.